The van der Waals surface area contributed by atoms with Crippen LogP contribution in [0.3, 0.4) is 0 Å². The molecule has 0 fully saturated rings. The van der Waals surface area contributed by atoms with Gasteiger partial charge in [-0.3, -0.25) is 0 Å². The van der Waals surface area contributed by atoms with Gasteiger partial charge in [-0.25, -0.2) is 0 Å². The first-order chi connectivity index (χ1) is 3.55. The average Bonchev–Trinajstić information content (AvgIpc) is 1.64. The van der Waals surface area contributed by atoms with Crippen molar-refractivity contribution >= 4 is 0 Å². The molecule has 0 radical (unpaired) electrons. The van der Waals surface area contributed by atoms with E-state index >= 15 is 0 Å². The minimum atomic E-state index is 0.602. The van der Waals surface area contributed by atoms with Gasteiger partial charge < -0.3 is 11.5 Å². The van der Waals surface area contributed by atoms with Crippen LogP contribution in [0.25, 0.3) is 0 Å². The molecule has 0 amide bonds. The molecule has 0 aromatic carbocycles. The van der Waals surface area contributed by atoms with E-state index in [2.05, 4.69) is 6.58 Å². The molecule has 0 saturated carbocycles. The van der Waals surface area contributed by atoms with Crippen molar-refractivity contribution in [1.29, 1.82) is 0 Å². The molecule has 2 nitrogen and oxygen atoms in total. The fourth-order valence-electron chi connectivity index (χ4n) is 0.337. The smallest absolute Gasteiger partial charge is 0.0525 e. The molecule has 0 aliphatic carbocycles. The summed E-state index contributed by atoms with van der Waals surface area (Å²) in [7, 11) is 0. The van der Waals surface area contributed by atoms with Crippen LogP contribution in [-0.2, 0) is 0 Å². The highest BCUT2D eigenvalue weighted by Gasteiger charge is 1.90. The first-order valence-corrected chi connectivity index (χ1v) is 2.43. The minimum absolute atomic E-state index is 0.602. The van der Waals surface area contributed by atoms with Gasteiger partial charge in [-0.15, -0.1) is 0 Å². The molecular weight excluding hydrogens is 100 g/mol. The summed E-state index contributed by atoms with van der Waals surface area (Å²) in [5.74, 6) is 0. The summed E-state index contributed by atoms with van der Waals surface area (Å²) in [6.07, 6.45) is 0. The van der Waals surface area contributed by atoms with Gasteiger partial charge in [0, 0.05) is 5.70 Å². The van der Waals surface area contributed by atoms with E-state index in [1.165, 1.54) is 0 Å². The van der Waals surface area contributed by atoms with E-state index in [0.29, 0.717) is 11.4 Å². The van der Waals surface area contributed by atoms with Crippen LogP contribution in [0.15, 0.2) is 23.5 Å². The summed E-state index contributed by atoms with van der Waals surface area (Å²) in [6.45, 7) is 7.19. The van der Waals surface area contributed by atoms with Gasteiger partial charge in [0.25, 0.3) is 0 Å². The standard InChI is InChI=1S/C6H12N2/c1-4(2)6(8)5(3)7/h1,7-8H2,2-3H3/b6-5-. The summed E-state index contributed by atoms with van der Waals surface area (Å²) in [6, 6.07) is 0. The van der Waals surface area contributed by atoms with Crippen LogP contribution in [0.1, 0.15) is 13.8 Å². The summed E-state index contributed by atoms with van der Waals surface area (Å²) in [5, 5.41) is 0. The predicted octanol–water partition coefficient (Wildman–Crippen LogP) is 0.711. The summed E-state index contributed by atoms with van der Waals surface area (Å²) < 4.78 is 0. The van der Waals surface area contributed by atoms with Crippen LogP contribution in [0.4, 0.5) is 0 Å². The van der Waals surface area contributed by atoms with E-state index in [9.17, 15) is 0 Å². The normalized spacial score (nSPS) is 12.8. The van der Waals surface area contributed by atoms with Crippen molar-refractivity contribution in [3.8, 4) is 0 Å². The zero-order valence-electron chi connectivity index (χ0n) is 5.36. The van der Waals surface area contributed by atoms with Crippen molar-refractivity contribution in [3.05, 3.63) is 23.5 Å². The van der Waals surface area contributed by atoms with Gasteiger partial charge in [0.05, 0.1) is 5.70 Å². The van der Waals surface area contributed by atoms with Gasteiger partial charge in [0.2, 0.25) is 0 Å². The lowest BCUT2D eigenvalue weighted by Gasteiger charge is -1.99. The lowest BCUT2D eigenvalue weighted by atomic mass is 10.2. The van der Waals surface area contributed by atoms with Gasteiger partial charge >= 0.3 is 0 Å². The second-order valence-corrected chi connectivity index (χ2v) is 1.88. The number of rotatable bonds is 1. The maximum Gasteiger partial charge on any atom is 0.0525 e. The SMILES string of the molecule is C=C(C)/C(N)=C(\C)N. The lowest BCUT2D eigenvalue weighted by molar-refractivity contribution is 1.16. The van der Waals surface area contributed by atoms with Crippen LogP contribution >= 0.6 is 0 Å². The average molecular weight is 112 g/mol. The molecular formula is C6H12N2. The second-order valence-electron chi connectivity index (χ2n) is 1.88. The van der Waals surface area contributed by atoms with E-state index in [4.69, 9.17) is 11.5 Å². The van der Waals surface area contributed by atoms with Crippen molar-refractivity contribution in [1.82, 2.24) is 0 Å². The molecule has 0 heterocycles. The molecule has 0 aromatic heterocycles. The Labute approximate surface area is 49.9 Å². The number of hydrogen-bond donors (Lipinski definition) is 2. The Balaban J connectivity index is 4.23. The molecule has 4 N–H and O–H groups in total. The summed E-state index contributed by atoms with van der Waals surface area (Å²) in [4.78, 5) is 0. The highest BCUT2D eigenvalue weighted by atomic mass is 14.7. The maximum atomic E-state index is 5.41. The van der Waals surface area contributed by atoms with Crippen molar-refractivity contribution in [2.75, 3.05) is 0 Å². The first-order valence-electron chi connectivity index (χ1n) is 2.43. The number of nitrogens with two attached hydrogens (primary N) is 2. The minimum Gasteiger partial charge on any atom is -0.401 e. The fraction of sp³-hybridized carbons (Fsp3) is 0.333. The zero-order valence-corrected chi connectivity index (χ0v) is 5.36. The Morgan fingerprint density at radius 2 is 1.62 bits per heavy atom. The molecule has 8 heavy (non-hydrogen) atoms. The van der Waals surface area contributed by atoms with E-state index in [1.54, 1.807) is 6.92 Å². The third-order valence-electron chi connectivity index (χ3n) is 0.885. The Bertz CT molecular complexity index is 129. The summed E-state index contributed by atoms with van der Waals surface area (Å²) >= 11 is 0. The first kappa shape index (κ1) is 7.08. The van der Waals surface area contributed by atoms with E-state index in [0.717, 1.165) is 5.57 Å². The maximum absolute atomic E-state index is 5.41. The molecule has 0 spiro atoms. The molecule has 0 unspecified atom stereocenters. The van der Waals surface area contributed by atoms with Crippen LogP contribution in [-0.4, -0.2) is 0 Å². The molecule has 0 aliphatic rings. The van der Waals surface area contributed by atoms with Crippen molar-refractivity contribution in [3.63, 3.8) is 0 Å². The zero-order chi connectivity index (χ0) is 6.73. The highest BCUT2D eigenvalue weighted by Crippen LogP contribution is 1.99. The van der Waals surface area contributed by atoms with Gasteiger partial charge in [-0.2, -0.15) is 0 Å². The van der Waals surface area contributed by atoms with Crippen molar-refractivity contribution in [2.24, 2.45) is 11.5 Å². The topological polar surface area (TPSA) is 52.0 Å². The molecule has 0 atom stereocenters. The Morgan fingerprint density at radius 1 is 1.25 bits per heavy atom. The van der Waals surface area contributed by atoms with E-state index in [1.807, 2.05) is 6.92 Å². The fourth-order valence-corrected chi connectivity index (χ4v) is 0.337. The third-order valence-corrected chi connectivity index (χ3v) is 0.885. The monoisotopic (exact) mass is 112 g/mol. The molecule has 0 saturated heterocycles. The molecule has 0 aliphatic heterocycles. The third kappa shape index (κ3) is 1.69. The van der Waals surface area contributed by atoms with E-state index < -0.39 is 0 Å². The van der Waals surface area contributed by atoms with Gasteiger partial charge in [0.15, 0.2) is 0 Å². The Hall–Kier alpha value is -0.920. The number of hydrogen-bond acceptors (Lipinski definition) is 2. The van der Waals surface area contributed by atoms with Crippen LogP contribution in [0, 0.1) is 0 Å². The Kier molecular flexibility index (Phi) is 2.13. The number of allylic oxidation sites excluding steroid dienone is 2. The molecule has 0 aromatic rings. The Morgan fingerprint density at radius 3 is 1.62 bits per heavy atom. The largest absolute Gasteiger partial charge is 0.401 e. The molecule has 0 bridgehead atoms. The highest BCUT2D eigenvalue weighted by molar-refractivity contribution is 5.25. The van der Waals surface area contributed by atoms with Crippen molar-refractivity contribution < 1.29 is 0 Å². The summed E-state index contributed by atoms with van der Waals surface area (Å²) in [5.41, 5.74) is 12.8. The second kappa shape index (κ2) is 2.40. The lowest BCUT2D eigenvalue weighted by Crippen LogP contribution is -2.06. The predicted molar refractivity (Wildman–Crippen MR) is 35.9 cm³/mol. The van der Waals surface area contributed by atoms with Crippen LogP contribution in [0.5, 0.6) is 0 Å². The van der Waals surface area contributed by atoms with Crippen LogP contribution < -0.4 is 11.5 Å². The molecule has 46 valence electrons. The van der Waals surface area contributed by atoms with Crippen molar-refractivity contribution in [2.45, 2.75) is 13.8 Å². The quantitative estimate of drug-likeness (QED) is 0.491. The van der Waals surface area contributed by atoms with E-state index in [-0.39, 0.29) is 0 Å². The molecule has 0 rings (SSSR count). The van der Waals surface area contributed by atoms with Gasteiger partial charge in [-0.1, -0.05) is 6.58 Å². The van der Waals surface area contributed by atoms with Gasteiger partial charge in [-0.05, 0) is 19.4 Å². The van der Waals surface area contributed by atoms with Crippen LogP contribution in [0.2, 0.25) is 0 Å². The molecule has 2 heteroatoms. The van der Waals surface area contributed by atoms with Gasteiger partial charge in [0.1, 0.15) is 0 Å².